The first kappa shape index (κ1) is 21.9. The largest absolute Gasteiger partial charge is 0.339 e. The molecule has 4 aromatic rings. The molecule has 168 valence electrons. The first-order valence-corrected chi connectivity index (χ1v) is 10.4. The number of aromatic nitrogens is 6. The third-order valence-electron chi connectivity index (χ3n) is 4.93. The first-order valence-electron chi connectivity index (χ1n) is 10.0. The molecule has 12 heteroatoms. The summed E-state index contributed by atoms with van der Waals surface area (Å²) in [4.78, 5) is 36.5. The van der Waals surface area contributed by atoms with Gasteiger partial charge < -0.3 is 9.51 Å². The normalized spacial score (nSPS) is 11.5. The molecule has 0 aliphatic heterocycles. The molecule has 0 unspecified atom stereocenters. The average molecular weight is 465 g/mol. The van der Waals surface area contributed by atoms with E-state index in [1.807, 2.05) is 6.92 Å². The molecule has 4 rings (SSSR count). The molecule has 1 N–H and O–H groups in total. The van der Waals surface area contributed by atoms with Crippen molar-refractivity contribution in [3.8, 4) is 0 Å². The van der Waals surface area contributed by atoms with Crippen LogP contribution in [0.1, 0.15) is 37.0 Å². The van der Waals surface area contributed by atoms with Gasteiger partial charge in [0.2, 0.25) is 11.2 Å². The number of fused-ring (bicyclic) bond motifs is 1. The number of nitrogens with zero attached hydrogens (tertiary/aromatic N) is 5. The van der Waals surface area contributed by atoms with Gasteiger partial charge in [0.15, 0.2) is 17.0 Å². The number of H-pyrrole nitrogens is 1. The lowest BCUT2D eigenvalue weighted by molar-refractivity contribution is 0.367. The first-order chi connectivity index (χ1) is 15.4. The van der Waals surface area contributed by atoms with Crippen molar-refractivity contribution in [2.24, 2.45) is 0 Å². The molecular formula is C20H19ClF2N6O3. The summed E-state index contributed by atoms with van der Waals surface area (Å²) in [6.07, 6.45) is 1.41. The Kier molecular flexibility index (Phi) is 6.17. The second kappa shape index (κ2) is 9.03. The molecule has 0 amide bonds. The number of rotatable bonds is 8. The molecule has 0 aliphatic carbocycles. The zero-order valence-corrected chi connectivity index (χ0v) is 17.8. The van der Waals surface area contributed by atoms with Crippen LogP contribution >= 0.6 is 11.6 Å². The Morgan fingerprint density at radius 2 is 1.97 bits per heavy atom. The molecule has 3 aromatic heterocycles. The van der Waals surface area contributed by atoms with E-state index in [9.17, 15) is 18.4 Å². The number of hydrogen-bond acceptors (Lipinski definition) is 6. The predicted octanol–water partition coefficient (Wildman–Crippen LogP) is 2.83. The average Bonchev–Trinajstić information content (AvgIpc) is 3.36. The summed E-state index contributed by atoms with van der Waals surface area (Å²) in [6, 6.07) is 3.28. The van der Waals surface area contributed by atoms with Gasteiger partial charge in [0.25, 0.3) is 5.56 Å². The smallest absolute Gasteiger partial charge is 0.332 e. The van der Waals surface area contributed by atoms with Crippen LogP contribution in [0, 0.1) is 11.6 Å². The van der Waals surface area contributed by atoms with Gasteiger partial charge in [0, 0.05) is 32.0 Å². The second-order valence-corrected chi connectivity index (χ2v) is 7.60. The molecule has 0 saturated carbocycles. The molecule has 0 spiro atoms. The van der Waals surface area contributed by atoms with Crippen molar-refractivity contribution in [3.63, 3.8) is 0 Å². The zero-order chi connectivity index (χ0) is 22.8. The van der Waals surface area contributed by atoms with E-state index < -0.39 is 22.9 Å². The SMILES string of the molecule is CCCn1c(=O)n(CCCc2nc(Cc3ccc(F)cc3F)no2)c(=O)c2[nH]c(Cl)nc21. The molecule has 0 atom stereocenters. The summed E-state index contributed by atoms with van der Waals surface area (Å²) >= 11 is 5.89. The third kappa shape index (κ3) is 4.33. The van der Waals surface area contributed by atoms with E-state index in [-0.39, 0.29) is 46.7 Å². The molecule has 0 fully saturated rings. The number of benzene rings is 1. The lowest BCUT2D eigenvalue weighted by Gasteiger charge is -2.09. The fourth-order valence-electron chi connectivity index (χ4n) is 3.45. The van der Waals surface area contributed by atoms with Gasteiger partial charge in [-0.15, -0.1) is 0 Å². The van der Waals surface area contributed by atoms with Crippen LogP contribution in [-0.4, -0.2) is 29.2 Å². The van der Waals surface area contributed by atoms with E-state index in [1.165, 1.54) is 10.6 Å². The number of imidazole rings is 1. The van der Waals surface area contributed by atoms with Crippen LogP contribution in [0.15, 0.2) is 32.3 Å². The highest BCUT2D eigenvalue weighted by Gasteiger charge is 2.17. The summed E-state index contributed by atoms with van der Waals surface area (Å²) in [7, 11) is 0. The maximum atomic E-state index is 13.8. The number of nitrogens with one attached hydrogen (secondary N) is 1. The van der Waals surface area contributed by atoms with E-state index in [0.717, 1.165) is 16.7 Å². The minimum absolute atomic E-state index is 0.0371. The van der Waals surface area contributed by atoms with E-state index in [2.05, 4.69) is 20.1 Å². The van der Waals surface area contributed by atoms with Crippen molar-refractivity contribution >= 4 is 22.8 Å². The van der Waals surface area contributed by atoms with Crippen molar-refractivity contribution in [1.29, 1.82) is 0 Å². The van der Waals surface area contributed by atoms with Crippen molar-refractivity contribution < 1.29 is 13.3 Å². The fraction of sp³-hybridized carbons (Fsp3) is 0.350. The Morgan fingerprint density at radius 3 is 2.72 bits per heavy atom. The zero-order valence-electron chi connectivity index (χ0n) is 17.1. The van der Waals surface area contributed by atoms with E-state index >= 15 is 0 Å². The molecule has 0 saturated heterocycles. The van der Waals surface area contributed by atoms with Crippen LogP contribution in [0.4, 0.5) is 8.78 Å². The van der Waals surface area contributed by atoms with Gasteiger partial charge in [-0.05, 0) is 36.1 Å². The van der Waals surface area contributed by atoms with Gasteiger partial charge in [0.05, 0.1) is 0 Å². The minimum atomic E-state index is -0.687. The number of aryl methyl sites for hydroxylation is 2. The van der Waals surface area contributed by atoms with Crippen molar-refractivity contribution in [1.82, 2.24) is 29.2 Å². The lowest BCUT2D eigenvalue weighted by atomic mass is 10.1. The van der Waals surface area contributed by atoms with Crippen LogP contribution in [0.3, 0.4) is 0 Å². The van der Waals surface area contributed by atoms with Crippen LogP contribution in [0.5, 0.6) is 0 Å². The van der Waals surface area contributed by atoms with Crippen LogP contribution in [0.25, 0.3) is 11.2 Å². The molecule has 9 nitrogen and oxygen atoms in total. The van der Waals surface area contributed by atoms with E-state index in [4.69, 9.17) is 16.1 Å². The van der Waals surface area contributed by atoms with Crippen LogP contribution < -0.4 is 11.2 Å². The van der Waals surface area contributed by atoms with Gasteiger partial charge in [-0.3, -0.25) is 13.9 Å². The Morgan fingerprint density at radius 1 is 1.16 bits per heavy atom. The molecule has 3 heterocycles. The molecule has 0 radical (unpaired) electrons. The monoisotopic (exact) mass is 464 g/mol. The number of halogens is 3. The molecular weight excluding hydrogens is 446 g/mol. The highest BCUT2D eigenvalue weighted by Crippen LogP contribution is 2.14. The third-order valence-corrected chi connectivity index (χ3v) is 5.10. The van der Waals surface area contributed by atoms with Crippen LogP contribution in [0.2, 0.25) is 5.28 Å². The van der Waals surface area contributed by atoms with Gasteiger partial charge in [-0.25, -0.2) is 13.6 Å². The molecule has 1 aromatic carbocycles. The van der Waals surface area contributed by atoms with E-state index in [0.29, 0.717) is 25.8 Å². The minimum Gasteiger partial charge on any atom is -0.339 e. The maximum absolute atomic E-state index is 13.8. The summed E-state index contributed by atoms with van der Waals surface area (Å²) in [5.74, 6) is -0.811. The van der Waals surface area contributed by atoms with Gasteiger partial charge in [-0.1, -0.05) is 18.1 Å². The standard InChI is InChI=1S/C20H19ClF2N6O3/c1-2-7-28-17-16(25-19(21)26-17)18(30)29(20(28)31)8-3-4-15-24-14(27-32-15)9-11-5-6-12(22)10-13(11)23/h5-6,10H,2-4,7-9H2,1H3,(H,25,26). The Labute approximate surface area is 184 Å². The van der Waals surface area contributed by atoms with Gasteiger partial charge >= 0.3 is 5.69 Å². The predicted molar refractivity (Wildman–Crippen MR) is 112 cm³/mol. The van der Waals surface area contributed by atoms with Crippen LogP contribution in [-0.2, 0) is 25.9 Å². The quantitative estimate of drug-likeness (QED) is 0.401. The topological polar surface area (TPSA) is 112 Å². The summed E-state index contributed by atoms with van der Waals surface area (Å²) in [6.45, 7) is 2.43. The molecule has 0 aliphatic rings. The lowest BCUT2D eigenvalue weighted by Crippen LogP contribution is -2.40. The highest BCUT2D eigenvalue weighted by atomic mass is 35.5. The summed E-state index contributed by atoms with van der Waals surface area (Å²) < 4.78 is 34.5. The molecule has 32 heavy (non-hydrogen) atoms. The fourth-order valence-corrected chi connectivity index (χ4v) is 3.62. The van der Waals surface area contributed by atoms with E-state index in [1.54, 1.807) is 0 Å². The number of hydrogen-bond donors (Lipinski definition) is 1. The Hall–Kier alpha value is -3.34. The Balaban J connectivity index is 1.48. The van der Waals surface area contributed by atoms with Crippen molar-refractivity contribution in [3.05, 3.63) is 73.2 Å². The Bertz CT molecular complexity index is 1390. The number of aromatic amines is 1. The van der Waals surface area contributed by atoms with Crippen molar-refractivity contribution in [2.75, 3.05) is 0 Å². The summed E-state index contributed by atoms with van der Waals surface area (Å²) in [5.41, 5.74) is -0.323. The highest BCUT2D eigenvalue weighted by molar-refractivity contribution is 6.28. The maximum Gasteiger partial charge on any atom is 0.332 e. The second-order valence-electron chi connectivity index (χ2n) is 7.24. The summed E-state index contributed by atoms with van der Waals surface area (Å²) in [5, 5.41) is 3.85. The van der Waals surface area contributed by atoms with Gasteiger partial charge in [0.1, 0.15) is 11.6 Å². The van der Waals surface area contributed by atoms with Crippen molar-refractivity contribution in [2.45, 2.75) is 45.7 Å². The van der Waals surface area contributed by atoms with Gasteiger partial charge in [-0.2, -0.15) is 9.97 Å². The molecule has 0 bridgehead atoms.